The zero-order chi connectivity index (χ0) is 9.42. The van der Waals surface area contributed by atoms with Crippen LogP contribution in [-0.4, -0.2) is 26.6 Å². The van der Waals surface area contributed by atoms with Gasteiger partial charge in [-0.25, -0.2) is 4.98 Å². The molecule has 6 heteroatoms. The van der Waals surface area contributed by atoms with E-state index in [0.29, 0.717) is 17.0 Å². The van der Waals surface area contributed by atoms with Crippen LogP contribution in [0.25, 0.3) is 11.2 Å². The molecule has 68 valence electrons. The number of nitrogens with two attached hydrogens (primary N) is 1. The third-order valence-electron chi connectivity index (χ3n) is 1.74. The number of fused-ring (bicyclic) bond motifs is 1. The van der Waals surface area contributed by atoms with E-state index in [-0.39, 0.29) is 5.95 Å². The van der Waals surface area contributed by atoms with E-state index >= 15 is 0 Å². The lowest BCUT2D eigenvalue weighted by Gasteiger charge is -2.00. The number of ether oxygens (including phenoxy) is 1. The summed E-state index contributed by atoms with van der Waals surface area (Å²) in [6.45, 7) is 0. The van der Waals surface area contributed by atoms with Gasteiger partial charge in [-0.2, -0.15) is 9.97 Å². The van der Waals surface area contributed by atoms with E-state index < -0.39 is 0 Å². The van der Waals surface area contributed by atoms with Crippen molar-refractivity contribution < 1.29 is 4.74 Å². The summed E-state index contributed by atoms with van der Waals surface area (Å²) in [7, 11) is 3.36. The normalized spacial score (nSPS) is 10.6. The van der Waals surface area contributed by atoms with Crippen LogP contribution in [0.1, 0.15) is 0 Å². The van der Waals surface area contributed by atoms with Gasteiger partial charge in [-0.3, -0.25) is 0 Å². The molecular formula is C7H9N5O. The fourth-order valence-electron chi connectivity index (χ4n) is 1.14. The summed E-state index contributed by atoms with van der Waals surface area (Å²) in [6, 6.07) is 0. The van der Waals surface area contributed by atoms with Crippen molar-refractivity contribution in [3.63, 3.8) is 0 Å². The third kappa shape index (κ3) is 1.07. The van der Waals surface area contributed by atoms with Crippen molar-refractivity contribution in [2.45, 2.75) is 0 Å². The molecule has 0 saturated heterocycles. The van der Waals surface area contributed by atoms with E-state index in [1.54, 1.807) is 10.9 Å². The van der Waals surface area contributed by atoms with Gasteiger partial charge in [0, 0.05) is 7.05 Å². The van der Waals surface area contributed by atoms with Gasteiger partial charge in [-0.1, -0.05) is 0 Å². The van der Waals surface area contributed by atoms with Gasteiger partial charge in [0.2, 0.25) is 11.8 Å². The molecule has 0 aliphatic carbocycles. The topological polar surface area (TPSA) is 78.8 Å². The van der Waals surface area contributed by atoms with Gasteiger partial charge in [-0.15, -0.1) is 0 Å². The van der Waals surface area contributed by atoms with Crippen LogP contribution < -0.4 is 10.5 Å². The third-order valence-corrected chi connectivity index (χ3v) is 1.74. The molecule has 0 aromatic carbocycles. The Morgan fingerprint density at radius 3 is 2.92 bits per heavy atom. The number of hydrogen-bond donors (Lipinski definition) is 1. The quantitative estimate of drug-likeness (QED) is 0.664. The van der Waals surface area contributed by atoms with Crippen molar-refractivity contribution in [2.24, 2.45) is 7.05 Å². The van der Waals surface area contributed by atoms with Crippen LogP contribution in [0.4, 0.5) is 5.95 Å². The minimum Gasteiger partial charge on any atom is -0.479 e. The molecule has 0 fully saturated rings. The van der Waals surface area contributed by atoms with Crippen molar-refractivity contribution in [3.8, 4) is 5.88 Å². The highest BCUT2D eigenvalue weighted by molar-refractivity contribution is 5.77. The van der Waals surface area contributed by atoms with Gasteiger partial charge in [0.15, 0.2) is 11.2 Å². The number of aromatic nitrogens is 4. The Morgan fingerprint density at radius 1 is 1.46 bits per heavy atom. The fourth-order valence-corrected chi connectivity index (χ4v) is 1.14. The summed E-state index contributed by atoms with van der Waals surface area (Å²) in [5.74, 6) is 0.594. The number of anilines is 1. The highest BCUT2D eigenvalue weighted by Crippen LogP contribution is 2.20. The number of methoxy groups -OCH3 is 1. The van der Waals surface area contributed by atoms with E-state index in [1.807, 2.05) is 7.05 Å². The second kappa shape index (κ2) is 2.58. The number of hydrogen-bond acceptors (Lipinski definition) is 5. The molecule has 2 rings (SSSR count). The van der Waals surface area contributed by atoms with Crippen molar-refractivity contribution in [2.75, 3.05) is 12.8 Å². The van der Waals surface area contributed by atoms with Crippen molar-refractivity contribution >= 4 is 17.1 Å². The number of nitrogens with zero attached hydrogens (tertiary/aromatic N) is 4. The first kappa shape index (κ1) is 7.78. The molecule has 0 atom stereocenters. The molecule has 0 amide bonds. The van der Waals surface area contributed by atoms with E-state index in [9.17, 15) is 0 Å². The van der Waals surface area contributed by atoms with Gasteiger partial charge < -0.3 is 15.0 Å². The molecule has 2 heterocycles. The number of rotatable bonds is 1. The van der Waals surface area contributed by atoms with Crippen LogP contribution >= 0.6 is 0 Å². The molecule has 0 radical (unpaired) electrons. The zero-order valence-corrected chi connectivity index (χ0v) is 7.35. The lowest BCUT2D eigenvalue weighted by molar-refractivity contribution is 0.402. The Bertz CT molecular complexity index is 449. The Labute approximate surface area is 74.4 Å². The number of aryl methyl sites for hydroxylation is 1. The number of imidazole rings is 1. The molecule has 6 nitrogen and oxygen atoms in total. The maximum atomic E-state index is 5.48. The number of nitrogen functional groups attached to an aromatic ring is 1. The molecule has 0 aliphatic rings. The fraction of sp³-hybridized carbons (Fsp3) is 0.286. The monoisotopic (exact) mass is 179 g/mol. The highest BCUT2D eigenvalue weighted by atomic mass is 16.5. The smallest absolute Gasteiger partial charge is 0.246 e. The second-order valence-electron chi connectivity index (χ2n) is 2.62. The van der Waals surface area contributed by atoms with E-state index in [4.69, 9.17) is 10.5 Å². The van der Waals surface area contributed by atoms with Crippen molar-refractivity contribution in [1.29, 1.82) is 0 Å². The Balaban J connectivity index is 2.84. The van der Waals surface area contributed by atoms with Crippen LogP contribution in [0.5, 0.6) is 5.88 Å². The minimum atomic E-state index is 0.188. The van der Waals surface area contributed by atoms with E-state index in [0.717, 1.165) is 0 Å². The van der Waals surface area contributed by atoms with E-state index in [1.165, 1.54) is 7.11 Å². The zero-order valence-electron chi connectivity index (χ0n) is 7.35. The average molecular weight is 179 g/mol. The molecule has 2 N–H and O–H groups in total. The predicted octanol–water partition coefficient (Wildman–Crippen LogP) is -0.0459. The SMILES string of the molecule is COc1nc(N)nc2c1ncn2C. The van der Waals surface area contributed by atoms with Crippen LogP contribution in [-0.2, 0) is 7.05 Å². The largest absolute Gasteiger partial charge is 0.479 e. The van der Waals surface area contributed by atoms with Crippen LogP contribution in [0.3, 0.4) is 0 Å². The van der Waals surface area contributed by atoms with Crippen molar-refractivity contribution in [3.05, 3.63) is 6.33 Å². The summed E-state index contributed by atoms with van der Waals surface area (Å²) >= 11 is 0. The summed E-state index contributed by atoms with van der Waals surface area (Å²) < 4.78 is 6.77. The van der Waals surface area contributed by atoms with Gasteiger partial charge in [0.1, 0.15) is 0 Å². The first-order valence-electron chi connectivity index (χ1n) is 3.71. The van der Waals surface area contributed by atoms with Crippen molar-refractivity contribution in [1.82, 2.24) is 19.5 Å². The average Bonchev–Trinajstić information content (AvgIpc) is 2.47. The van der Waals surface area contributed by atoms with E-state index in [2.05, 4.69) is 15.0 Å². The standard InChI is InChI=1S/C7H9N5O/c1-12-3-9-4-5(12)10-7(8)11-6(4)13-2/h3H,1-2H3,(H2,8,10,11). The summed E-state index contributed by atoms with van der Waals surface area (Å²) in [4.78, 5) is 12.0. The first-order chi connectivity index (χ1) is 6.22. The molecule has 0 saturated carbocycles. The maximum absolute atomic E-state index is 5.48. The first-order valence-corrected chi connectivity index (χ1v) is 3.71. The summed E-state index contributed by atoms with van der Waals surface area (Å²) in [5, 5.41) is 0. The minimum absolute atomic E-state index is 0.188. The maximum Gasteiger partial charge on any atom is 0.246 e. The second-order valence-corrected chi connectivity index (χ2v) is 2.62. The molecule has 0 bridgehead atoms. The summed E-state index contributed by atoms with van der Waals surface area (Å²) in [6.07, 6.45) is 1.64. The van der Waals surface area contributed by atoms with Crippen LogP contribution in [0.15, 0.2) is 6.33 Å². The molecular weight excluding hydrogens is 170 g/mol. The molecule has 0 aliphatic heterocycles. The lowest BCUT2D eigenvalue weighted by atomic mass is 10.5. The lowest BCUT2D eigenvalue weighted by Crippen LogP contribution is -2.00. The van der Waals surface area contributed by atoms with Crippen LogP contribution in [0, 0.1) is 0 Å². The van der Waals surface area contributed by atoms with Gasteiger partial charge in [0.05, 0.1) is 13.4 Å². The molecule has 2 aromatic heterocycles. The van der Waals surface area contributed by atoms with Gasteiger partial charge in [-0.05, 0) is 0 Å². The molecule has 0 spiro atoms. The Hall–Kier alpha value is -1.85. The molecule has 0 unspecified atom stereocenters. The van der Waals surface area contributed by atoms with Gasteiger partial charge in [0.25, 0.3) is 0 Å². The summed E-state index contributed by atoms with van der Waals surface area (Å²) in [5.41, 5.74) is 6.78. The highest BCUT2D eigenvalue weighted by Gasteiger charge is 2.09. The van der Waals surface area contributed by atoms with Crippen LogP contribution in [0.2, 0.25) is 0 Å². The Kier molecular flexibility index (Phi) is 1.54. The van der Waals surface area contributed by atoms with Gasteiger partial charge >= 0.3 is 0 Å². The predicted molar refractivity (Wildman–Crippen MR) is 47.3 cm³/mol. The molecule has 2 aromatic rings. The molecule has 13 heavy (non-hydrogen) atoms. The Morgan fingerprint density at radius 2 is 2.23 bits per heavy atom.